The number of esters is 4. The number of carbonyl (C=O) groups is 4. The lowest BCUT2D eigenvalue weighted by atomic mass is 9.98. The van der Waals surface area contributed by atoms with Gasteiger partial charge in [0.25, 0.3) is 0 Å². The average molecular weight is 479 g/mol. The molecule has 1 aromatic carbocycles. The summed E-state index contributed by atoms with van der Waals surface area (Å²) in [5.74, 6) is -2.57. The number of hydrogen-bond acceptors (Lipinski definition) is 11. The highest BCUT2D eigenvalue weighted by atomic mass is 16.7. The van der Waals surface area contributed by atoms with Crippen molar-refractivity contribution in [3.8, 4) is 5.75 Å². The first-order chi connectivity index (χ1) is 16.0. The van der Waals surface area contributed by atoms with Crippen molar-refractivity contribution in [3.63, 3.8) is 0 Å². The van der Waals surface area contributed by atoms with Crippen LogP contribution in [0, 0.1) is 6.92 Å². The van der Waals surface area contributed by atoms with E-state index < -0.39 is 54.6 Å². The Labute approximate surface area is 194 Å². The monoisotopic (exact) mass is 479 g/mol. The number of ether oxygens (including phenoxy) is 6. The molecule has 184 valence electrons. The Morgan fingerprint density at radius 2 is 1.53 bits per heavy atom. The Bertz CT molecular complexity index is 991. The van der Waals surface area contributed by atoms with Crippen LogP contribution in [0.5, 0.6) is 5.75 Å². The zero-order chi connectivity index (χ0) is 25.4. The lowest BCUT2D eigenvalue weighted by Gasteiger charge is -2.44. The molecule has 13 heteroatoms. The zero-order valence-electron chi connectivity index (χ0n) is 19.3. The van der Waals surface area contributed by atoms with Gasteiger partial charge in [-0.15, -0.1) is 0 Å². The summed E-state index contributed by atoms with van der Waals surface area (Å²) >= 11 is 0. The van der Waals surface area contributed by atoms with E-state index in [1.807, 2.05) is 0 Å². The Kier molecular flexibility index (Phi) is 9.22. The Morgan fingerprint density at radius 3 is 2.06 bits per heavy atom. The quantitative estimate of drug-likeness (QED) is 0.177. The SMILES string of the molecule is CC(=O)OC[C@H]1O[C@H](Oc2ccc(N=[N+]=[N-])cc2C)[C@@H](OC(C)=O)[C@@H](OC(C)=O)[C@@H]1OC(C)=O. The number of nitrogens with zero attached hydrogens (tertiary/aromatic N) is 3. The maximum atomic E-state index is 11.9. The van der Waals surface area contributed by atoms with Crippen molar-refractivity contribution in [2.75, 3.05) is 6.61 Å². The minimum absolute atomic E-state index is 0.276. The van der Waals surface area contributed by atoms with Crippen molar-refractivity contribution in [1.82, 2.24) is 0 Å². The molecule has 0 N–H and O–H groups in total. The molecule has 0 aliphatic carbocycles. The van der Waals surface area contributed by atoms with Gasteiger partial charge in [-0.1, -0.05) is 5.11 Å². The van der Waals surface area contributed by atoms with Gasteiger partial charge in [0.2, 0.25) is 12.4 Å². The minimum atomic E-state index is -1.36. The highest BCUT2D eigenvalue weighted by molar-refractivity contribution is 5.68. The van der Waals surface area contributed by atoms with E-state index in [-0.39, 0.29) is 12.4 Å². The van der Waals surface area contributed by atoms with E-state index in [9.17, 15) is 19.2 Å². The van der Waals surface area contributed by atoms with E-state index in [1.54, 1.807) is 13.0 Å². The molecule has 1 aromatic rings. The number of azide groups is 1. The predicted octanol–water partition coefficient (Wildman–Crippen LogP) is 2.40. The van der Waals surface area contributed by atoms with Gasteiger partial charge in [0.1, 0.15) is 18.5 Å². The summed E-state index contributed by atoms with van der Waals surface area (Å²) in [6, 6.07) is 4.56. The van der Waals surface area contributed by atoms with Crippen LogP contribution in [0.3, 0.4) is 0 Å². The van der Waals surface area contributed by atoms with Crippen LogP contribution in [-0.2, 0) is 42.9 Å². The molecule has 1 aliphatic heterocycles. The van der Waals surface area contributed by atoms with Crippen LogP contribution in [0.15, 0.2) is 23.3 Å². The molecule has 0 bridgehead atoms. The summed E-state index contributed by atoms with van der Waals surface area (Å²) in [6.07, 6.45) is -6.46. The summed E-state index contributed by atoms with van der Waals surface area (Å²) < 4.78 is 32.8. The molecular weight excluding hydrogens is 454 g/mol. The average Bonchev–Trinajstić information content (AvgIpc) is 2.72. The first-order valence-electron chi connectivity index (χ1n) is 10.1. The van der Waals surface area contributed by atoms with Gasteiger partial charge in [0.05, 0.1) is 0 Å². The summed E-state index contributed by atoms with van der Waals surface area (Å²) in [5, 5.41) is 3.51. The van der Waals surface area contributed by atoms with Crippen molar-refractivity contribution < 1.29 is 47.6 Å². The summed E-state index contributed by atoms with van der Waals surface area (Å²) in [4.78, 5) is 49.6. The molecular formula is C21H25N3O10. The molecule has 1 heterocycles. The molecule has 0 saturated carbocycles. The van der Waals surface area contributed by atoms with Gasteiger partial charge in [-0.3, -0.25) is 19.2 Å². The molecule has 1 fully saturated rings. The molecule has 0 unspecified atom stereocenters. The second kappa shape index (κ2) is 11.9. The maximum absolute atomic E-state index is 11.9. The largest absolute Gasteiger partial charge is 0.463 e. The fourth-order valence-electron chi connectivity index (χ4n) is 3.29. The van der Waals surface area contributed by atoms with Crippen LogP contribution < -0.4 is 4.74 Å². The van der Waals surface area contributed by atoms with Crippen LogP contribution in [0.25, 0.3) is 10.4 Å². The third kappa shape index (κ3) is 7.36. The van der Waals surface area contributed by atoms with E-state index in [2.05, 4.69) is 10.0 Å². The predicted molar refractivity (Wildman–Crippen MR) is 113 cm³/mol. The van der Waals surface area contributed by atoms with E-state index in [1.165, 1.54) is 19.1 Å². The van der Waals surface area contributed by atoms with Gasteiger partial charge in [-0.05, 0) is 36.2 Å². The first kappa shape index (κ1) is 26.4. The molecule has 1 saturated heterocycles. The van der Waals surface area contributed by atoms with Crippen molar-refractivity contribution >= 4 is 29.6 Å². The van der Waals surface area contributed by atoms with Gasteiger partial charge in [0.15, 0.2) is 12.2 Å². The number of aryl methyl sites for hydroxylation is 1. The first-order valence-corrected chi connectivity index (χ1v) is 10.1. The van der Waals surface area contributed by atoms with Gasteiger partial charge >= 0.3 is 23.9 Å². The second-order valence-corrected chi connectivity index (χ2v) is 7.32. The van der Waals surface area contributed by atoms with Crippen LogP contribution in [0.1, 0.15) is 33.3 Å². The number of benzene rings is 1. The summed E-state index contributed by atoms with van der Waals surface area (Å²) in [7, 11) is 0. The molecule has 13 nitrogen and oxygen atoms in total. The van der Waals surface area contributed by atoms with E-state index >= 15 is 0 Å². The van der Waals surface area contributed by atoms with Crippen LogP contribution in [-0.4, -0.2) is 61.2 Å². The number of hydrogen-bond donors (Lipinski definition) is 0. The molecule has 5 atom stereocenters. The lowest BCUT2D eigenvalue weighted by molar-refractivity contribution is -0.288. The lowest BCUT2D eigenvalue weighted by Crippen LogP contribution is -2.63. The molecule has 0 radical (unpaired) electrons. The summed E-state index contributed by atoms with van der Waals surface area (Å²) in [6.45, 7) is 5.88. The zero-order valence-corrected chi connectivity index (χ0v) is 19.3. The van der Waals surface area contributed by atoms with Gasteiger partial charge < -0.3 is 28.4 Å². The van der Waals surface area contributed by atoms with Crippen LogP contribution in [0.2, 0.25) is 0 Å². The normalized spacial score (nSPS) is 23.6. The van der Waals surface area contributed by atoms with Gasteiger partial charge in [-0.25, -0.2) is 0 Å². The van der Waals surface area contributed by atoms with Crippen molar-refractivity contribution in [2.45, 2.75) is 65.3 Å². The summed E-state index contributed by atoms with van der Waals surface area (Å²) in [5.41, 5.74) is 9.51. The number of carbonyl (C=O) groups excluding carboxylic acids is 4. The van der Waals surface area contributed by atoms with E-state index in [0.717, 1.165) is 20.8 Å². The Balaban J connectivity index is 2.49. The molecule has 34 heavy (non-hydrogen) atoms. The third-order valence-corrected chi connectivity index (χ3v) is 4.51. The third-order valence-electron chi connectivity index (χ3n) is 4.51. The minimum Gasteiger partial charge on any atom is -0.463 e. The Hall–Kier alpha value is -3.83. The number of rotatable bonds is 8. The van der Waals surface area contributed by atoms with Gasteiger partial charge in [-0.2, -0.15) is 0 Å². The highest BCUT2D eigenvalue weighted by Gasteiger charge is 2.53. The smallest absolute Gasteiger partial charge is 0.303 e. The van der Waals surface area contributed by atoms with E-state index in [0.29, 0.717) is 11.3 Å². The van der Waals surface area contributed by atoms with Crippen molar-refractivity contribution in [3.05, 3.63) is 34.2 Å². The topological polar surface area (TPSA) is 172 Å². The standard InChI is InChI=1S/C21H25N3O10/c1-10-8-15(23-24-22)6-7-16(10)33-21-20(32-14(5)28)19(31-13(4)27)18(30-12(3)26)17(34-21)9-29-11(2)25/h6-8,17-21H,9H2,1-5H3/t17-,18-,19+,20+,21+/m1/s1. The van der Waals surface area contributed by atoms with Crippen LogP contribution in [0.4, 0.5) is 5.69 Å². The molecule has 0 aromatic heterocycles. The van der Waals surface area contributed by atoms with Crippen molar-refractivity contribution in [2.24, 2.45) is 5.11 Å². The van der Waals surface area contributed by atoms with Crippen molar-refractivity contribution in [1.29, 1.82) is 0 Å². The fraction of sp³-hybridized carbons (Fsp3) is 0.524. The van der Waals surface area contributed by atoms with E-state index in [4.69, 9.17) is 34.0 Å². The molecule has 0 spiro atoms. The molecule has 0 amide bonds. The fourth-order valence-corrected chi connectivity index (χ4v) is 3.29. The highest BCUT2D eigenvalue weighted by Crippen LogP contribution is 2.32. The second-order valence-electron chi connectivity index (χ2n) is 7.32. The molecule has 2 rings (SSSR count). The van der Waals surface area contributed by atoms with Gasteiger partial charge in [0, 0.05) is 38.3 Å². The van der Waals surface area contributed by atoms with Crippen LogP contribution >= 0.6 is 0 Å². The molecule has 1 aliphatic rings. The Morgan fingerprint density at radius 1 is 0.941 bits per heavy atom. The maximum Gasteiger partial charge on any atom is 0.303 e.